The maximum Gasteiger partial charge on any atom is 0.119 e. The fourth-order valence-corrected chi connectivity index (χ4v) is 3.22. The molecule has 0 aromatic heterocycles. The summed E-state index contributed by atoms with van der Waals surface area (Å²) in [6.07, 6.45) is -0.534. The normalized spacial score (nSPS) is 17.0. The molecule has 0 radical (unpaired) electrons. The van der Waals surface area contributed by atoms with E-state index in [2.05, 4.69) is 39.2 Å². The van der Waals surface area contributed by atoms with Gasteiger partial charge in [-0.15, -0.1) is 0 Å². The maximum atomic E-state index is 10.3. The van der Waals surface area contributed by atoms with Crippen molar-refractivity contribution in [1.82, 2.24) is 4.90 Å². The van der Waals surface area contributed by atoms with Gasteiger partial charge in [0.15, 0.2) is 0 Å². The van der Waals surface area contributed by atoms with E-state index in [-0.39, 0.29) is 6.61 Å². The summed E-state index contributed by atoms with van der Waals surface area (Å²) in [4.78, 5) is 4.65. The van der Waals surface area contributed by atoms with Crippen LogP contribution in [0.2, 0.25) is 0 Å². The average molecular weight is 369 g/mol. The van der Waals surface area contributed by atoms with Crippen LogP contribution in [0.1, 0.15) is 12.5 Å². The van der Waals surface area contributed by atoms with E-state index < -0.39 is 6.10 Å². The second kappa shape index (κ2) is 9.39. The summed E-state index contributed by atoms with van der Waals surface area (Å²) in [5.74, 6) is 0.692. The van der Waals surface area contributed by atoms with Gasteiger partial charge in [0.1, 0.15) is 18.5 Å². The molecule has 0 saturated carbocycles. The Morgan fingerprint density at radius 3 is 2.33 bits per heavy atom. The molecule has 0 aliphatic carbocycles. The van der Waals surface area contributed by atoms with Crippen LogP contribution in [0, 0.1) is 0 Å². The van der Waals surface area contributed by atoms with E-state index in [0.717, 1.165) is 31.7 Å². The first-order valence-electron chi connectivity index (χ1n) is 9.28. The molecule has 3 rings (SSSR count). The standard InChI is InChI=1S/C21H27N3O3/c1-17(22-26)18-7-9-21(10-8-18)27-16-20(25)15-23-11-13-24(14-12-23)19-5-3-2-4-6-19/h2-10,20,25-26H,11-16H2,1H3/b22-17-. The number of aliphatic hydroxyl groups excluding tert-OH is 1. The Balaban J connectivity index is 1.40. The molecule has 1 aliphatic rings. The Kier molecular flexibility index (Phi) is 6.68. The largest absolute Gasteiger partial charge is 0.491 e. The van der Waals surface area contributed by atoms with Gasteiger partial charge in [0.05, 0.1) is 5.71 Å². The number of ether oxygens (including phenoxy) is 1. The molecule has 2 N–H and O–H groups in total. The van der Waals surface area contributed by atoms with Crippen LogP contribution in [0.4, 0.5) is 5.69 Å². The zero-order chi connectivity index (χ0) is 19.1. The molecule has 1 aliphatic heterocycles. The lowest BCUT2D eigenvalue weighted by atomic mass is 10.1. The highest BCUT2D eigenvalue weighted by Crippen LogP contribution is 2.16. The van der Waals surface area contributed by atoms with Crippen molar-refractivity contribution in [2.45, 2.75) is 13.0 Å². The van der Waals surface area contributed by atoms with Crippen LogP contribution < -0.4 is 9.64 Å². The number of rotatable bonds is 7. The van der Waals surface area contributed by atoms with Crippen molar-refractivity contribution in [3.05, 3.63) is 60.2 Å². The molecule has 6 heteroatoms. The lowest BCUT2D eigenvalue weighted by Gasteiger charge is -2.36. The molecule has 1 unspecified atom stereocenters. The third-order valence-electron chi connectivity index (χ3n) is 4.83. The fraction of sp³-hybridized carbons (Fsp3) is 0.381. The van der Waals surface area contributed by atoms with E-state index in [1.165, 1.54) is 5.69 Å². The van der Waals surface area contributed by atoms with Gasteiger partial charge in [-0.1, -0.05) is 23.4 Å². The number of hydrogen-bond acceptors (Lipinski definition) is 6. The summed E-state index contributed by atoms with van der Waals surface area (Å²) in [7, 11) is 0. The van der Waals surface area contributed by atoms with Gasteiger partial charge < -0.3 is 20.0 Å². The quantitative estimate of drug-likeness (QED) is 0.446. The smallest absolute Gasteiger partial charge is 0.119 e. The van der Waals surface area contributed by atoms with E-state index in [0.29, 0.717) is 18.0 Å². The SMILES string of the molecule is C/C(=N/O)c1ccc(OCC(O)CN2CCN(c3ccccc3)CC2)cc1. The Morgan fingerprint density at radius 1 is 1.04 bits per heavy atom. The number of piperazine rings is 1. The number of benzene rings is 2. The maximum absolute atomic E-state index is 10.3. The summed E-state index contributed by atoms with van der Waals surface area (Å²) in [5.41, 5.74) is 2.64. The highest BCUT2D eigenvalue weighted by atomic mass is 16.5. The number of β-amino-alcohol motifs (C(OH)–C–C–N with tert-alkyl or cyclic N) is 1. The summed E-state index contributed by atoms with van der Waals surface area (Å²) in [6, 6.07) is 17.7. The molecular weight excluding hydrogens is 342 g/mol. The third kappa shape index (κ3) is 5.45. The van der Waals surface area contributed by atoms with Gasteiger partial charge in [-0.05, 0) is 48.9 Å². The molecule has 144 valence electrons. The topological polar surface area (TPSA) is 68.5 Å². The van der Waals surface area contributed by atoms with Crippen molar-refractivity contribution in [3.8, 4) is 5.75 Å². The molecule has 1 fully saturated rings. The number of nitrogens with zero attached hydrogens (tertiary/aromatic N) is 3. The van der Waals surface area contributed by atoms with Gasteiger partial charge in [-0.25, -0.2) is 0 Å². The Hall–Kier alpha value is -2.57. The van der Waals surface area contributed by atoms with Gasteiger partial charge in [0, 0.05) is 38.4 Å². The molecule has 0 bridgehead atoms. The summed E-state index contributed by atoms with van der Waals surface area (Å²) in [5, 5.41) is 22.3. The van der Waals surface area contributed by atoms with E-state index in [1.807, 2.05) is 30.3 Å². The summed E-state index contributed by atoms with van der Waals surface area (Å²) < 4.78 is 5.68. The molecule has 2 aromatic rings. The van der Waals surface area contributed by atoms with Crippen LogP contribution in [0.5, 0.6) is 5.75 Å². The molecule has 1 saturated heterocycles. The molecule has 6 nitrogen and oxygen atoms in total. The van der Waals surface area contributed by atoms with Crippen LogP contribution in [-0.4, -0.2) is 66.4 Å². The lowest BCUT2D eigenvalue weighted by molar-refractivity contribution is 0.0663. The number of aliphatic hydroxyl groups is 1. The Morgan fingerprint density at radius 2 is 1.70 bits per heavy atom. The Labute approximate surface area is 160 Å². The first-order chi connectivity index (χ1) is 13.2. The predicted octanol–water partition coefficient (Wildman–Crippen LogP) is 2.45. The van der Waals surface area contributed by atoms with Crippen LogP contribution >= 0.6 is 0 Å². The highest BCUT2D eigenvalue weighted by molar-refractivity contribution is 5.98. The van der Waals surface area contributed by atoms with Crippen molar-refractivity contribution in [1.29, 1.82) is 0 Å². The zero-order valence-corrected chi connectivity index (χ0v) is 15.7. The second-order valence-electron chi connectivity index (χ2n) is 6.80. The molecule has 1 atom stereocenters. The molecule has 0 amide bonds. The lowest BCUT2D eigenvalue weighted by Crippen LogP contribution is -2.49. The van der Waals surface area contributed by atoms with Gasteiger partial charge in [-0.2, -0.15) is 0 Å². The molecular formula is C21H27N3O3. The number of para-hydroxylation sites is 1. The van der Waals surface area contributed by atoms with E-state index in [1.54, 1.807) is 6.92 Å². The first-order valence-corrected chi connectivity index (χ1v) is 9.28. The van der Waals surface area contributed by atoms with Crippen molar-refractivity contribution in [2.24, 2.45) is 5.16 Å². The minimum atomic E-state index is -0.534. The molecule has 2 aromatic carbocycles. The average Bonchev–Trinajstić information content (AvgIpc) is 2.73. The van der Waals surface area contributed by atoms with Crippen molar-refractivity contribution >= 4 is 11.4 Å². The second-order valence-corrected chi connectivity index (χ2v) is 6.80. The van der Waals surface area contributed by atoms with Crippen molar-refractivity contribution in [2.75, 3.05) is 44.2 Å². The van der Waals surface area contributed by atoms with Gasteiger partial charge in [0.25, 0.3) is 0 Å². The highest BCUT2D eigenvalue weighted by Gasteiger charge is 2.19. The minimum Gasteiger partial charge on any atom is -0.491 e. The zero-order valence-electron chi connectivity index (χ0n) is 15.7. The monoisotopic (exact) mass is 369 g/mol. The summed E-state index contributed by atoms with van der Waals surface area (Å²) in [6.45, 7) is 6.38. The predicted molar refractivity (Wildman–Crippen MR) is 107 cm³/mol. The molecule has 27 heavy (non-hydrogen) atoms. The number of anilines is 1. The Bertz CT molecular complexity index is 726. The molecule has 1 heterocycles. The van der Waals surface area contributed by atoms with Gasteiger partial charge >= 0.3 is 0 Å². The number of oxime groups is 1. The van der Waals surface area contributed by atoms with Crippen molar-refractivity contribution in [3.63, 3.8) is 0 Å². The van der Waals surface area contributed by atoms with Gasteiger partial charge in [-0.3, -0.25) is 4.90 Å². The van der Waals surface area contributed by atoms with Crippen LogP contribution in [0.15, 0.2) is 59.8 Å². The summed E-state index contributed by atoms with van der Waals surface area (Å²) >= 11 is 0. The van der Waals surface area contributed by atoms with Crippen LogP contribution in [0.3, 0.4) is 0 Å². The van der Waals surface area contributed by atoms with E-state index in [9.17, 15) is 5.11 Å². The van der Waals surface area contributed by atoms with Crippen LogP contribution in [-0.2, 0) is 0 Å². The molecule has 0 spiro atoms. The minimum absolute atomic E-state index is 0.255. The third-order valence-corrected chi connectivity index (χ3v) is 4.83. The van der Waals surface area contributed by atoms with Crippen molar-refractivity contribution < 1.29 is 15.1 Å². The fourth-order valence-electron chi connectivity index (χ4n) is 3.22. The first kappa shape index (κ1) is 19.2. The van der Waals surface area contributed by atoms with Crippen LogP contribution in [0.25, 0.3) is 0 Å². The number of hydrogen-bond donors (Lipinski definition) is 2. The van der Waals surface area contributed by atoms with E-state index >= 15 is 0 Å². The van der Waals surface area contributed by atoms with Gasteiger partial charge in [0.2, 0.25) is 0 Å². The van der Waals surface area contributed by atoms with E-state index in [4.69, 9.17) is 9.94 Å².